The lowest BCUT2D eigenvalue weighted by Crippen LogP contribution is -2.41. The quantitative estimate of drug-likeness (QED) is 0.724. The van der Waals surface area contributed by atoms with Crippen molar-refractivity contribution in [2.75, 3.05) is 5.75 Å². The highest BCUT2D eigenvalue weighted by atomic mass is 32.2. The maximum absolute atomic E-state index is 4.03. The fourth-order valence-corrected chi connectivity index (χ4v) is 5.21. The summed E-state index contributed by atoms with van der Waals surface area (Å²) in [5.74, 6) is 3.15. The average Bonchev–Trinajstić information content (AvgIpc) is 2.67. The SMILES string of the molecule is CCSC1CCCC1NC1CCCC(C(C)C)CC1. The lowest BCUT2D eigenvalue weighted by molar-refractivity contribution is 0.334. The Bertz CT molecular complexity index is 254. The van der Waals surface area contributed by atoms with Crippen LogP contribution in [0.4, 0.5) is 0 Å². The zero-order valence-corrected chi connectivity index (χ0v) is 14.0. The highest BCUT2D eigenvalue weighted by Crippen LogP contribution is 2.33. The van der Waals surface area contributed by atoms with Crippen LogP contribution in [-0.2, 0) is 0 Å². The van der Waals surface area contributed by atoms with Gasteiger partial charge < -0.3 is 5.32 Å². The summed E-state index contributed by atoms with van der Waals surface area (Å²) in [5.41, 5.74) is 0. The van der Waals surface area contributed by atoms with Gasteiger partial charge in [0.25, 0.3) is 0 Å². The molecule has 0 aromatic carbocycles. The summed E-state index contributed by atoms with van der Waals surface area (Å²) in [5, 5.41) is 4.93. The van der Waals surface area contributed by atoms with Crippen molar-refractivity contribution in [2.45, 2.75) is 89.5 Å². The number of hydrogen-bond donors (Lipinski definition) is 1. The van der Waals surface area contributed by atoms with Gasteiger partial charge in [-0.05, 0) is 49.7 Å². The molecule has 0 aromatic heterocycles. The van der Waals surface area contributed by atoms with Crippen LogP contribution >= 0.6 is 11.8 Å². The smallest absolute Gasteiger partial charge is 0.0201 e. The summed E-state index contributed by atoms with van der Waals surface area (Å²) in [7, 11) is 0. The van der Waals surface area contributed by atoms with Gasteiger partial charge in [-0.3, -0.25) is 0 Å². The largest absolute Gasteiger partial charge is 0.310 e. The van der Waals surface area contributed by atoms with Crippen molar-refractivity contribution < 1.29 is 0 Å². The van der Waals surface area contributed by atoms with Crippen LogP contribution in [0.25, 0.3) is 0 Å². The Morgan fingerprint density at radius 1 is 1.00 bits per heavy atom. The Labute approximate surface area is 124 Å². The second-order valence-electron chi connectivity index (χ2n) is 6.91. The maximum atomic E-state index is 4.03. The average molecular weight is 284 g/mol. The monoisotopic (exact) mass is 283 g/mol. The molecule has 0 saturated heterocycles. The first-order chi connectivity index (χ1) is 9.20. The van der Waals surface area contributed by atoms with E-state index in [1.807, 2.05) is 0 Å². The molecule has 19 heavy (non-hydrogen) atoms. The van der Waals surface area contributed by atoms with Crippen LogP contribution in [0.5, 0.6) is 0 Å². The normalized spacial score (nSPS) is 36.6. The summed E-state index contributed by atoms with van der Waals surface area (Å²) in [6, 6.07) is 1.62. The zero-order chi connectivity index (χ0) is 13.7. The molecule has 112 valence electrons. The van der Waals surface area contributed by atoms with Crippen LogP contribution in [-0.4, -0.2) is 23.1 Å². The minimum absolute atomic E-state index is 0.811. The third-order valence-corrected chi connectivity index (χ3v) is 6.57. The van der Waals surface area contributed by atoms with E-state index in [1.54, 1.807) is 0 Å². The number of thioether (sulfide) groups is 1. The van der Waals surface area contributed by atoms with Crippen LogP contribution in [0.2, 0.25) is 0 Å². The van der Waals surface area contributed by atoms with Gasteiger partial charge in [0.15, 0.2) is 0 Å². The summed E-state index contributed by atoms with van der Waals surface area (Å²) in [6.45, 7) is 7.12. The predicted molar refractivity (Wildman–Crippen MR) is 87.9 cm³/mol. The van der Waals surface area contributed by atoms with Crippen LogP contribution in [0, 0.1) is 11.8 Å². The Morgan fingerprint density at radius 3 is 2.53 bits per heavy atom. The first-order valence-electron chi connectivity index (χ1n) is 8.58. The van der Waals surface area contributed by atoms with Crippen molar-refractivity contribution in [2.24, 2.45) is 11.8 Å². The van der Waals surface area contributed by atoms with Crippen LogP contribution < -0.4 is 5.32 Å². The molecule has 0 bridgehead atoms. The predicted octanol–water partition coefficient (Wildman–Crippen LogP) is 4.86. The Morgan fingerprint density at radius 2 is 1.79 bits per heavy atom. The van der Waals surface area contributed by atoms with E-state index in [1.165, 1.54) is 57.1 Å². The van der Waals surface area contributed by atoms with Crippen molar-refractivity contribution >= 4 is 11.8 Å². The molecule has 0 aliphatic heterocycles. The van der Waals surface area contributed by atoms with E-state index in [4.69, 9.17) is 0 Å². The molecular formula is C17H33NS. The lowest BCUT2D eigenvalue weighted by Gasteiger charge is -2.26. The molecular weight excluding hydrogens is 250 g/mol. The second kappa shape index (κ2) is 7.93. The fourth-order valence-electron chi connectivity index (χ4n) is 4.00. The first-order valence-corrected chi connectivity index (χ1v) is 9.63. The molecule has 0 amide bonds. The molecule has 0 spiro atoms. The van der Waals surface area contributed by atoms with Gasteiger partial charge in [0.1, 0.15) is 0 Å². The summed E-state index contributed by atoms with van der Waals surface area (Å²) >= 11 is 2.18. The minimum atomic E-state index is 0.811. The molecule has 4 atom stereocenters. The van der Waals surface area contributed by atoms with Gasteiger partial charge in [0.2, 0.25) is 0 Å². The van der Waals surface area contributed by atoms with Crippen molar-refractivity contribution in [1.82, 2.24) is 5.32 Å². The highest BCUT2D eigenvalue weighted by molar-refractivity contribution is 7.99. The molecule has 2 saturated carbocycles. The van der Waals surface area contributed by atoms with E-state index in [9.17, 15) is 0 Å². The van der Waals surface area contributed by atoms with E-state index in [2.05, 4.69) is 37.8 Å². The van der Waals surface area contributed by atoms with Crippen LogP contribution in [0.15, 0.2) is 0 Å². The van der Waals surface area contributed by atoms with Gasteiger partial charge in [0, 0.05) is 17.3 Å². The summed E-state index contributed by atoms with van der Waals surface area (Å²) < 4.78 is 0. The summed E-state index contributed by atoms with van der Waals surface area (Å²) in [4.78, 5) is 0. The molecule has 0 radical (unpaired) electrons. The third-order valence-electron chi connectivity index (χ3n) is 5.24. The Kier molecular flexibility index (Phi) is 6.55. The summed E-state index contributed by atoms with van der Waals surface area (Å²) in [6.07, 6.45) is 11.5. The van der Waals surface area contributed by atoms with E-state index < -0.39 is 0 Å². The van der Waals surface area contributed by atoms with Crippen LogP contribution in [0.3, 0.4) is 0 Å². The van der Waals surface area contributed by atoms with E-state index in [0.717, 1.165) is 29.2 Å². The number of nitrogens with one attached hydrogen (secondary N) is 1. The molecule has 2 aliphatic rings. The molecule has 4 unspecified atom stereocenters. The number of hydrogen-bond acceptors (Lipinski definition) is 2. The Balaban J connectivity index is 1.79. The van der Waals surface area contributed by atoms with Gasteiger partial charge >= 0.3 is 0 Å². The minimum Gasteiger partial charge on any atom is -0.310 e. The van der Waals surface area contributed by atoms with E-state index in [0.29, 0.717) is 0 Å². The standard InChI is InChI=1S/C17H33NS/c1-4-19-17-10-6-9-16(17)18-15-8-5-7-14(11-12-15)13(2)3/h13-18H,4-12H2,1-3H3. The maximum Gasteiger partial charge on any atom is 0.0201 e. The molecule has 2 aliphatic carbocycles. The second-order valence-corrected chi connectivity index (χ2v) is 8.42. The van der Waals surface area contributed by atoms with Gasteiger partial charge in [-0.25, -0.2) is 0 Å². The van der Waals surface area contributed by atoms with Crippen molar-refractivity contribution in [3.8, 4) is 0 Å². The first kappa shape index (κ1) is 15.7. The van der Waals surface area contributed by atoms with Gasteiger partial charge in [0.05, 0.1) is 0 Å². The highest BCUT2D eigenvalue weighted by Gasteiger charge is 2.30. The fraction of sp³-hybridized carbons (Fsp3) is 1.00. The van der Waals surface area contributed by atoms with Crippen molar-refractivity contribution in [3.05, 3.63) is 0 Å². The van der Waals surface area contributed by atoms with Crippen LogP contribution in [0.1, 0.15) is 72.1 Å². The van der Waals surface area contributed by atoms with Crippen molar-refractivity contribution in [1.29, 1.82) is 0 Å². The topological polar surface area (TPSA) is 12.0 Å². The van der Waals surface area contributed by atoms with E-state index >= 15 is 0 Å². The molecule has 1 nitrogen and oxygen atoms in total. The molecule has 1 N–H and O–H groups in total. The molecule has 2 heteroatoms. The van der Waals surface area contributed by atoms with Gasteiger partial charge in [-0.15, -0.1) is 0 Å². The molecule has 2 rings (SSSR count). The van der Waals surface area contributed by atoms with E-state index in [-0.39, 0.29) is 0 Å². The number of rotatable bonds is 5. The third kappa shape index (κ3) is 4.67. The molecule has 2 fully saturated rings. The lowest BCUT2D eigenvalue weighted by atomic mass is 9.89. The zero-order valence-electron chi connectivity index (χ0n) is 13.2. The molecule has 0 heterocycles. The van der Waals surface area contributed by atoms with Gasteiger partial charge in [-0.1, -0.05) is 40.0 Å². The van der Waals surface area contributed by atoms with Gasteiger partial charge in [-0.2, -0.15) is 11.8 Å². The molecule has 0 aromatic rings. The Hall–Kier alpha value is 0.310. The van der Waals surface area contributed by atoms with Crippen molar-refractivity contribution in [3.63, 3.8) is 0 Å².